The lowest BCUT2D eigenvalue weighted by molar-refractivity contribution is -0.385. The van der Waals surface area contributed by atoms with E-state index >= 15 is 0 Å². The summed E-state index contributed by atoms with van der Waals surface area (Å²) < 4.78 is 5.68. The van der Waals surface area contributed by atoms with E-state index in [1.54, 1.807) is 6.07 Å². The number of aromatic hydroxyl groups is 1. The summed E-state index contributed by atoms with van der Waals surface area (Å²) in [6.07, 6.45) is 1.63. The van der Waals surface area contributed by atoms with E-state index < -0.39 is 22.6 Å². The summed E-state index contributed by atoms with van der Waals surface area (Å²) in [6.45, 7) is 0. The zero-order valence-corrected chi connectivity index (χ0v) is 16.6. The predicted molar refractivity (Wildman–Crippen MR) is 115 cm³/mol. The molecule has 7 N–H and O–H groups in total. The van der Waals surface area contributed by atoms with Gasteiger partial charge in [-0.05, 0) is 41.8 Å². The lowest BCUT2D eigenvalue weighted by atomic mass is 10.0. The number of ether oxygens (including phenoxy) is 1. The lowest BCUT2D eigenvalue weighted by Crippen LogP contribution is -2.32. The SMILES string of the molecule is Nc1cc(C[C@H](N)C(=O)O)cc([N+](=O)[O-])c1Oc1ccc(O)c(Cc2ccc(=O)[nH]c2)c1. The quantitative estimate of drug-likeness (QED) is 0.197. The van der Waals surface area contributed by atoms with E-state index in [4.69, 9.17) is 21.3 Å². The standard InChI is InChI=1S/C21H20N4O7/c22-15-6-12(7-16(23)21(28)29)8-17(25(30)31)20(15)32-14-2-3-18(26)13(9-14)5-11-1-4-19(27)24-10-11/h1-4,6,8-10,16,26H,5,7,22-23H2,(H,24,27)(H,28,29)/t16-/m0/s1. The van der Waals surface area contributed by atoms with Crippen LogP contribution >= 0.6 is 0 Å². The number of nitro groups is 1. The molecule has 1 aromatic heterocycles. The Kier molecular flexibility index (Phi) is 6.40. The van der Waals surface area contributed by atoms with E-state index in [1.165, 1.54) is 36.5 Å². The first-order valence-electron chi connectivity index (χ1n) is 9.36. The molecule has 2 aromatic carbocycles. The van der Waals surface area contributed by atoms with Crippen molar-refractivity contribution in [1.29, 1.82) is 0 Å². The van der Waals surface area contributed by atoms with Crippen molar-refractivity contribution in [2.75, 3.05) is 5.73 Å². The van der Waals surface area contributed by atoms with Gasteiger partial charge in [0.2, 0.25) is 11.3 Å². The number of carboxylic acid groups (broad SMARTS) is 1. The van der Waals surface area contributed by atoms with Gasteiger partial charge < -0.3 is 31.4 Å². The molecule has 1 atom stereocenters. The second-order valence-electron chi connectivity index (χ2n) is 7.07. The monoisotopic (exact) mass is 440 g/mol. The number of nitrogen functional groups attached to an aromatic ring is 1. The molecule has 0 bridgehead atoms. The molecule has 0 aliphatic carbocycles. The molecule has 0 saturated heterocycles. The van der Waals surface area contributed by atoms with Crippen LogP contribution in [-0.2, 0) is 17.6 Å². The maximum Gasteiger partial charge on any atom is 0.320 e. The highest BCUT2D eigenvalue weighted by atomic mass is 16.6. The van der Waals surface area contributed by atoms with Crippen LogP contribution in [0.5, 0.6) is 17.2 Å². The van der Waals surface area contributed by atoms with Crippen LogP contribution in [0.4, 0.5) is 11.4 Å². The number of aliphatic carboxylic acids is 1. The highest BCUT2D eigenvalue weighted by Gasteiger charge is 2.23. The number of carbonyl (C=O) groups is 1. The summed E-state index contributed by atoms with van der Waals surface area (Å²) in [5.41, 5.74) is 12.2. The highest BCUT2D eigenvalue weighted by molar-refractivity contribution is 5.74. The molecule has 11 nitrogen and oxygen atoms in total. The predicted octanol–water partition coefficient (Wildman–Crippen LogP) is 1.91. The second kappa shape index (κ2) is 9.18. The molecule has 3 rings (SSSR count). The highest BCUT2D eigenvalue weighted by Crippen LogP contribution is 2.39. The van der Waals surface area contributed by atoms with Crippen LogP contribution in [0.2, 0.25) is 0 Å². The van der Waals surface area contributed by atoms with Crippen molar-refractivity contribution >= 4 is 17.3 Å². The number of hydrogen-bond acceptors (Lipinski definition) is 8. The van der Waals surface area contributed by atoms with E-state index in [1.807, 2.05) is 0 Å². The molecular weight excluding hydrogens is 420 g/mol. The Labute approximate surface area is 181 Å². The van der Waals surface area contributed by atoms with Crippen LogP contribution < -0.4 is 21.8 Å². The molecule has 1 heterocycles. The summed E-state index contributed by atoms with van der Waals surface area (Å²) in [5.74, 6) is -1.30. The zero-order valence-electron chi connectivity index (χ0n) is 16.6. The van der Waals surface area contributed by atoms with Gasteiger partial charge in [-0.25, -0.2) is 0 Å². The van der Waals surface area contributed by atoms with Crippen LogP contribution in [0.15, 0.2) is 53.5 Å². The molecule has 0 spiro atoms. The third-order valence-corrected chi connectivity index (χ3v) is 4.64. The van der Waals surface area contributed by atoms with E-state index in [0.717, 1.165) is 11.6 Å². The van der Waals surface area contributed by atoms with E-state index in [0.29, 0.717) is 5.56 Å². The number of phenols is 1. The molecule has 0 aliphatic heterocycles. The number of nitrogens with one attached hydrogen (secondary N) is 1. The van der Waals surface area contributed by atoms with Crippen molar-refractivity contribution in [3.8, 4) is 17.2 Å². The van der Waals surface area contributed by atoms with E-state index in [2.05, 4.69) is 4.98 Å². The zero-order chi connectivity index (χ0) is 23.4. The van der Waals surface area contributed by atoms with E-state index in [-0.39, 0.29) is 46.9 Å². The molecule has 0 amide bonds. The summed E-state index contributed by atoms with van der Waals surface area (Å²) in [7, 11) is 0. The fraction of sp³-hybridized carbons (Fsp3) is 0.143. The van der Waals surface area contributed by atoms with Gasteiger partial charge in [-0.3, -0.25) is 19.7 Å². The number of hydrogen-bond donors (Lipinski definition) is 5. The summed E-state index contributed by atoms with van der Waals surface area (Å²) in [6, 6.07) is 8.54. The van der Waals surface area contributed by atoms with Crippen molar-refractivity contribution in [1.82, 2.24) is 4.98 Å². The molecule has 11 heteroatoms. The molecule has 0 unspecified atom stereocenters. The van der Waals surface area contributed by atoms with Gasteiger partial charge in [0.15, 0.2) is 0 Å². The number of anilines is 1. The number of nitrogens with two attached hydrogens (primary N) is 2. The molecule has 166 valence electrons. The van der Waals surface area contributed by atoms with Crippen LogP contribution in [0, 0.1) is 10.1 Å². The average Bonchev–Trinajstić information content (AvgIpc) is 2.73. The van der Waals surface area contributed by atoms with Gasteiger partial charge in [0, 0.05) is 30.3 Å². The number of carboxylic acids is 1. The minimum absolute atomic E-state index is 0.0240. The van der Waals surface area contributed by atoms with Gasteiger partial charge in [0.05, 0.1) is 10.6 Å². The molecule has 3 aromatic rings. The van der Waals surface area contributed by atoms with Crippen LogP contribution in [0.25, 0.3) is 0 Å². The maximum absolute atomic E-state index is 11.6. The van der Waals surface area contributed by atoms with Crippen LogP contribution in [0.3, 0.4) is 0 Å². The third kappa shape index (κ3) is 5.21. The normalized spacial score (nSPS) is 11.7. The number of benzene rings is 2. The smallest absolute Gasteiger partial charge is 0.320 e. The van der Waals surface area contributed by atoms with Crippen LogP contribution in [-0.4, -0.2) is 32.1 Å². The van der Waals surface area contributed by atoms with Gasteiger partial charge in [0.25, 0.3) is 0 Å². The minimum Gasteiger partial charge on any atom is -0.508 e. The largest absolute Gasteiger partial charge is 0.508 e. The average molecular weight is 440 g/mol. The molecule has 32 heavy (non-hydrogen) atoms. The number of aromatic amines is 1. The Balaban J connectivity index is 1.92. The van der Waals surface area contributed by atoms with Gasteiger partial charge in [-0.15, -0.1) is 0 Å². The number of nitrogens with zero attached hydrogens (tertiary/aromatic N) is 1. The number of aromatic nitrogens is 1. The number of nitro benzene ring substituents is 1. The third-order valence-electron chi connectivity index (χ3n) is 4.64. The molecule has 0 aliphatic rings. The number of pyridine rings is 1. The minimum atomic E-state index is -1.24. The van der Waals surface area contributed by atoms with Gasteiger partial charge in [-0.2, -0.15) is 0 Å². The Morgan fingerprint density at radius 2 is 1.94 bits per heavy atom. The molecule has 0 radical (unpaired) electrons. The topological polar surface area (TPSA) is 195 Å². The van der Waals surface area contributed by atoms with Crippen molar-refractivity contribution in [2.24, 2.45) is 5.73 Å². The molecule has 0 fully saturated rings. The second-order valence-corrected chi connectivity index (χ2v) is 7.07. The van der Waals surface area contributed by atoms with Crippen molar-refractivity contribution in [2.45, 2.75) is 18.9 Å². The molecular formula is C21H20N4O7. The maximum atomic E-state index is 11.6. The van der Waals surface area contributed by atoms with Gasteiger partial charge in [-0.1, -0.05) is 6.07 Å². The molecule has 0 saturated carbocycles. The van der Waals surface area contributed by atoms with E-state index in [9.17, 15) is 24.8 Å². The summed E-state index contributed by atoms with van der Waals surface area (Å²) >= 11 is 0. The Hall–Kier alpha value is -4.38. The fourth-order valence-corrected chi connectivity index (χ4v) is 3.06. The Morgan fingerprint density at radius 1 is 1.19 bits per heavy atom. The van der Waals surface area contributed by atoms with Gasteiger partial charge >= 0.3 is 11.7 Å². The summed E-state index contributed by atoms with van der Waals surface area (Å²) in [4.78, 5) is 35.6. The number of rotatable bonds is 8. The Bertz CT molecular complexity index is 1220. The van der Waals surface area contributed by atoms with Crippen molar-refractivity contribution in [3.05, 3.63) is 85.8 Å². The first kappa shape index (κ1) is 22.3. The fourth-order valence-electron chi connectivity index (χ4n) is 3.06. The first-order chi connectivity index (χ1) is 15.1. The van der Waals surface area contributed by atoms with Crippen molar-refractivity contribution in [3.63, 3.8) is 0 Å². The lowest BCUT2D eigenvalue weighted by Gasteiger charge is -2.13. The first-order valence-corrected chi connectivity index (χ1v) is 9.36. The number of H-pyrrole nitrogens is 1. The summed E-state index contributed by atoms with van der Waals surface area (Å²) in [5, 5.41) is 30.7. The van der Waals surface area contributed by atoms with Gasteiger partial charge in [0.1, 0.15) is 17.5 Å². The number of phenolic OH excluding ortho intramolecular Hbond substituents is 1. The Morgan fingerprint density at radius 3 is 2.56 bits per heavy atom. The van der Waals surface area contributed by atoms with Crippen molar-refractivity contribution < 1.29 is 24.7 Å². The van der Waals surface area contributed by atoms with Crippen LogP contribution in [0.1, 0.15) is 16.7 Å².